The zero-order chi connectivity index (χ0) is 22.8. The van der Waals surface area contributed by atoms with Crippen molar-refractivity contribution in [3.63, 3.8) is 0 Å². The van der Waals surface area contributed by atoms with E-state index in [4.69, 9.17) is 17.0 Å². The van der Waals surface area contributed by atoms with E-state index in [9.17, 15) is 15.3 Å². The summed E-state index contributed by atoms with van der Waals surface area (Å²) in [5.41, 5.74) is 3.16. The van der Waals surface area contributed by atoms with Gasteiger partial charge in [0.15, 0.2) is 0 Å². The highest BCUT2D eigenvalue weighted by molar-refractivity contribution is 7.71. The Morgan fingerprint density at radius 1 is 1.12 bits per heavy atom. The molecule has 0 fully saturated rings. The molecule has 0 spiro atoms. The molecule has 0 saturated heterocycles. The molecule has 1 aromatic heterocycles. The van der Waals surface area contributed by atoms with Crippen molar-refractivity contribution >= 4 is 40.9 Å². The minimum absolute atomic E-state index is 0.154. The first-order chi connectivity index (χ1) is 15.3. The van der Waals surface area contributed by atoms with Crippen molar-refractivity contribution in [3.8, 4) is 34.7 Å². The molecule has 3 aromatic rings. The number of ether oxygens (including phenoxy) is 1. The molecule has 0 aliphatic carbocycles. The van der Waals surface area contributed by atoms with Gasteiger partial charge in [0.05, 0.1) is 34.5 Å². The maximum atomic E-state index is 13.5. The van der Waals surface area contributed by atoms with Gasteiger partial charge in [0.25, 0.3) is 5.91 Å². The molecule has 1 amide bonds. The average molecular weight is 457 g/mol. The van der Waals surface area contributed by atoms with Crippen LogP contribution in [0.25, 0.3) is 22.4 Å². The first-order valence-electron chi connectivity index (χ1n) is 9.79. The summed E-state index contributed by atoms with van der Waals surface area (Å²) in [5, 5.41) is 18.9. The van der Waals surface area contributed by atoms with Crippen LogP contribution < -0.4 is 9.64 Å². The lowest BCUT2D eigenvalue weighted by atomic mass is 9.87. The Morgan fingerprint density at radius 2 is 1.81 bits per heavy atom. The first-order valence-corrected chi connectivity index (χ1v) is 11.0. The summed E-state index contributed by atoms with van der Waals surface area (Å²) in [4.78, 5) is 16.2. The van der Waals surface area contributed by atoms with E-state index in [2.05, 4.69) is 0 Å². The summed E-state index contributed by atoms with van der Waals surface area (Å²) in [5.74, 6) is 0.388. The lowest BCUT2D eigenvalue weighted by molar-refractivity contribution is -0.114. The van der Waals surface area contributed by atoms with E-state index in [1.54, 1.807) is 18.1 Å². The standard InChI is InChI=1S/C24H16N4O2S2/c1-24(2)21-19(23(31)28(32-21)14-6-4-7-15(10-14)30-3)17-9-5-8-16-18(13(11-25)12-26)22(29)27(24)20(16)17/h4-10H,1-3H3. The number of allylic oxidation sites excluding steroid dienone is 1. The normalized spacial score (nSPS) is 15.0. The predicted molar refractivity (Wildman–Crippen MR) is 125 cm³/mol. The fourth-order valence-corrected chi connectivity index (χ4v) is 6.15. The Kier molecular flexibility index (Phi) is 4.35. The Hall–Kier alpha value is -3.72. The zero-order valence-corrected chi connectivity index (χ0v) is 19.1. The van der Waals surface area contributed by atoms with E-state index in [-0.39, 0.29) is 17.1 Å². The van der Waals surface area contributed by atoms with E-state index >= 15 is 0 Å². The van der Waals surface area contributed by atoms with Gasteiger partial charge in [-0.2, -0.15) is 10.5 Å². The molecule has 156 valence electrons. The summed E-state index contributed by atoms with van der Waals surface area (Å²) in [6.07, 6.45) is 0. The summed E-state index contributed by atoms with van der Waals surface area (Å²) in [6.45, 7) is 3.93. The zero-order valence-electron chi connectivity index (χ0n) is 17.5. The van der Waals surface area contributed by atoms with Gasteiger partial charge in [-0.05, 0) is 26.0 Å². The number of rotatable bonds is 2. The van der Waals surface area contributed by atoms with E-state index in [0.29, 0.717) is 15.9 Å². The third-order valence-electron chi connectivity index (χ3n) is 5.90. The monoisotopic (exact) mass is 456 g/mol. The second-order valence-electron chi connectivity index (χ2n) is 7.97. The highest BCUT2D eigenvalue weighted by Gasteiger charge is 2.50. The lowest BCUT2D eigenvalue weighted by Crippen LogP contribution is -2.45. The van der Waals surface area contributed by atoms with Gasteiger partial charge in [-0.25, -0.2) is 0 Å². The average Bonchev–Trinajstić information content (AvgIpc) is 3.30. The molecule has 0 atom stereocenters. The second kappa shape index (κ2) is 6.89. The van der Waals surface area contributed by atoms with Crippen LogP contribution in [0.4, 0.5) is 5.69 Å². The fraction of sp³-hybridized carbons (Fsp3) is 0.167. The SMILES string of the molecule is COc1cccc(-n2sc3c(c2=S)-c2cccc4c2N(C(=O)C4=C(C#N)C#N)C3(C)C)c1. The van der Waals surface area contributed by atoms with Crippen LogP contribution in [0.1, 0.15) is 24.3 Å². The molecule has 32 heavy (non-hydrogen) atoms. The van der Waals surface area contributed by atoms with Gasteiger partial charge in [0.2, 0.25) is 0 Å². The van der Waals surface area contributed by atoms with Crippen LogP contribution in [-0.2, 0) is 10.3 Å². The third kappa shape index (κ3) is 2.48. The number of hydrogen-bond donors (Lipinski definition) is 0. The van der Waals surface area contributed by atoms with Crippen molar-refractivity contribution in [1.29, 1.82) is 10.5 Å². The van der Waals surface area contributed by atoms with Crippen molar-refractivity contribution in [2.45, 2.75) is 19.4 Å². The Bertz CT molecular complexity index is 1500. The second-order valence-corrected chi connectivity index (χ2v) is 9.31. The number of hydrogen-bond acceptors (Lipinski definition) is 6. The van der Waals surface area contributed by atoms with Crippen LogP contribution in [0.15, 0.2) is 48.0 Å². The summed E-state index contributed by atoms with van der Waals surface area (Å²) >= 11 is 7.41. The number of amides is 1. The molecule has 0 radical (unpaired) electrons. The first kappa shape index (κ1) is 20.2. The van der Waals surface area contributed by atoms with Crippen LogP contribution in [0.2, 0.25) is 0 Å². The minimum Gasteiger partial charge on any atom is -0.497 e. The van der Waals surface area contributed by atoms with Crippen LogP contribution in [0, 0.1) is 27.3 Å². The summed E-state index contributed by atoms with van der Waals surface area (Å²) in [6, 6.07) is 17.0. The van der Waals surface area contributed by atoms with Crippen molar-refractivity contribution in [1.82, 2.24) is 3.96 Å². The Morgan fingerprint density at radius 3 is 2.50 bits per heavy atom. The van der Waals surface area contributed by atoms with Gasteiger partial charge in [0, 0.05) is 22.8 Å². The fourth-order valence-electron chi connectivity index (χ4n) is 4.47. The highest BCUT2D eigenvalue weighted by Crippen LogP contribution is 2.57. The maximum absolute atomic E-state index is 13.5. The van der Waals surface area contributed by atoms with E-state index in [1.807, 2.05) is 66.3 Å². The molecule has 6 nitrogen and oxygen atoms in total. The van der Waals surface area contributed by atoms with Crippen LogP contribution in [0.3, 0.4) is 0 Å². The topological polar surface area (TPSA) is 82.0 Å². The number of carbonyl (C=O) groups excluding carboxylic acids is 1. The van der Waals surface area contributed by atoms with Crippen LogP contribution in [0.5, 0.6) is 5.75 Å². The van der Waals surface area contributed by atoms with E-state index in [0.717, 1.165) is 27.4 Å². The molecule has 2 aromatic carbocycles. The highest BCUT2D eigenvalue weighted by atomic mass is 32.1. The minimum atomic E-state index is -0.727. The number of aromatic nitrogens is 1. The van der Waals surface area contributed by atoms with Gasteiger partial charge >= 0.3 is 0 Å². The largest absolute Gasteiger partial charge is 0.497 e. The van der Waals surface area contributed by atoms with Gasteiger partial charge in [-0.15, -0.1) is 0 Å². The van der Waals surface area contributed by atoms with Gasteiger partial charge < -0.3 is 4.74 Å². The van der Waals surface area contributed by atoms with Gasteiger partial charge in [-0.1, -0.05) is 48.0 Å². The number of methoxy groups -OCH3 is 1. The number of anilines is 1. The molecular weight excluding hydrogens is 440 g/mol. The summed E-state index contributed by atoms with van der Waals surface area (Å²) in [7, 11) is 1.62. The predicted octanol–water partition coefficient (Wildman–Crippen LogP) is 5.34. The van der Waals surface area contributed by atoms with E-state index in [1.165, 1.54) is 11.5 Å². The molecule has 2 aliphatic rings. The van der Waals surface area contributed by atoms with E-state index < -0.39 is 5.54 Å². The third-order valence-corrected chi connectivity index (χ3v) is 7.86. The van der Waals surface area contributed by atoms with Crippen molar-refractivity contribution in [3.05, 3.63) is 63.1 Å². The number of nitriles is 2. The molecule has 3 heterocycles. The molecular formula is C24H16N4O2S2. The molecule has 8 heteroatoms. The lowest BCUT2D eigenvalue weighted by Gasteiger charge is -2.40. The van der Waals surface area contributed by atoms with Crippen LogP contribution >= 0.6 is 23.8 Å². The number of para-hydroxylation sites is 1. The molecule has 0 saturated carbocycles. The van der Waals surface area contributed by atoms with Crippen molar-refractivity contribution in [2.24, 2.45) is 0 Å². The van der Waals surface area contributed by atoms with Crippen molar-refractivity contribution < 1.29 is 9.53 Å². The quantitative estimate of drug-likeness (QED) is 0.295. The number of benzene rings is 2. The Labute approximate surface area is 194 Å². The molecule has 0 N–H and O–H groups in total. The molecule has 5 rings (SSSR count). The van der Waals surface area contributed by atoms with Gasteiger partial charge in [-0.3, -0.25) is 13.7 Å². The maximum Gasteiger partial charge on any atom is 0.261 e. The molecule has 2 aliphatic heterocycles. The number of nitrogens with zero attached hydrogens (tertiary/aromatic N) is 4. The van der Waals surface area contributed by atoms with Crippen LogP contribution in [-0.4, -0.2) is 17.0 Å². The molecule has 0 bridgehead atoms. The Balaban J connectivity index is 1.85. The van der Waals surface area contributed by atoms with Gasteiger partial charge in [0.1, 0.15) is 28.1 Å². The molecule has 0 unspecified atom stereocenters. The van der Waals surface area contributed by atoms with Crippen molar-refractivity contribution in [2.75, 3.05) is 12.0 Å². The number of carbonyl (C=O) groups is 1. The smallest absolute Gasteiger partial charge is 0.261 e. The summed E-state index contributed by atoms with van der Waals surface area (Å²) < 4.78 is 7.99. The number of fused-ring (bicyclic) bond motifs is 2.